The third-order valence-corrected chi connectivity index (χ3v) is 8.60. The first-order valence-corrected chi connectivity index (χ1v) is 16.2. The molecule has 0 saturated heterocycles. The molecule has 0 radical (unpaired) electrons. The number of methoxy groups -OCH3 is 5. The lowest BCUT2D eigenvalue weighted by Gasteiger charge is -2.17. The van der Waals surface area contributed by atoms with E-state index in [1.807, 2.05) is 6.07 Å². The Morgan fingerprint density at radius 1 is 0.878 bits per heavy atom. The van der Waals surface area contributed by atoms with Crippen LogP contribution in [-0.4, -0.2) is 57.9 Å². The molecule has 0 amide bonds. The third kappa shape index (κ3) is 7.40. The molecule has 0 atom stereocenters. The molecular formula is C35H32ClN3O9S. The molecule has 2 aromatic heterocycles. The molecule has 5 rings (SSSR count). The van der Waals surface area contributed by atoms with E-state index in [4.69, 9.17) is 44.4 Å². The number of fused-ring (bicyclic) bond motifs is 1. The van der Waals surface area contributed by atoms with Crippen molar-refractivity contribution in [1.82, 2.24) is 9.97 Å². The Balaban J connectivity index is 1.40. The standard InChI is InChI=1S/C35H32ClN3O9S/c1-42-22-16-24(43-2)28-25(17-22)48-31(20-14-26(44-3)32(46-5)27(15-20)45-4)33(30(28)40)47-11-6-7-12-49-35-38-29(23(18-37)34(41)39-35)19-9-8-10-21(36)13-19/h8-10,13-17H,6-7,11-12H2,1-5H3,(H,38,39,41). The second-order valence-corrected chi connectivity index (χ2v) is 11.8. The molecule has 3 aromatic carbocycles. The molecule has 0 unspecified atom stereocenters. The summed E-state index contributed by atoms with van der Waals surface area (Å²) in [6, 6.07) is 15.3. The Kier molecular flexibility index (Phi) is 11.2. The van der Waals surface area contributed by atoms with Crippen molar-refractivity contribution in [2.24, 2.45) is 0 Å². The molecule has 49 heavy (non-hydrogen) atoms. The Labute approximate surface area is 290 Å². The van der Waals surface area contributed by atoms with E-state index in [1.54, 1.807) is 48.5 Å². The molecule has 12 nitrogen and oxygen atoms in total. The average Bonchev–Trinajstić information content (AvgIpc) is 3.12. The summed E-state index contributed by atoms with van der Waals surface area (Å²) in [7, 11) is 7.43. The summed E-state index contributed by atoms with van der Waals surface area (Å²) in [4.78, 5) is 33.9. The average molecular weight is 706 g/mol. The van der Waals surface area contributed by atoms with Crippen LogP contribution in [0.5, 0.6) is 34.5 Å². The van der Waals surface area contributed by atoms with Crippen molar-refractivity contribution in [3.63, 3.8) is 0 Å². The van der Waals surface area contributed by atoms with Crippen molar-refractivity contribution in [3.8, 4) is 63.1 Å². The summed E-state index contributed by atoms with van der Waals surface area (Å²) in [5.41, 5.74) is 0.447. The summed E-state index contributed by atoms with van der Waals surface area (Å²) in [6.45, 7) is 0.164. The highest BCUT2D eigenvalue weighted by Crippen LogP contribution is 2.44. The van der Waals surface area contributed by atoms with E-state index in [2.05, 4.69) is 9.97 Å². The van der Waals surface area contributed by atoms with Crippen molar-refractivity contribution < 1.29 is 32.8 Å². The molecule has 2 heterocycles. The largest absolute Gasteiger partial charge is 0.496 e. The number of benzene rings is 3. The van der Waals surface area contributed by atoms with E-state index in [-0.39, 0.29) is 46.1 Å². The summed E-state index contributed by atoms with van der Waals surface area (Å²) >= 11 is 7.45. The van der Waals surface area contributed by atoms with Crippen molar-refractivity contribution in [1.29, 1.82) is 5.26 Å². The number of halogens is 1. The van der Waals surface area contributed by atoms with E-state index in [1.165, 1.54) is 47.3 Å². The fourth-order valence-electron chi connectivity index (χ4n) is 5.07. The number of hydrogen-bond acceptors (Lipinski definition) is 12. The van der Waals surface area contributed by atoms with Gasteiger partial charge in [0, 0.05) is 34.0 Å². The van der Waals surface area contributed by atoms with Gasteiger partial charge in [0.15, 0.2) is 22.4 Å². The SMILES string of the molecule is COc1cc(OC)c2c(=O)c(OCCCCSc3nc(-c4cccc(Cl)c4)c(C#N)c(=O)[nH]3)c(-c3cc(OC)c(OC)c(OC)c3)oc2c1. The monoisotopic (exact) mass is 705 g/mol. The van der Waals surface area contributed by atoms with Crippen LogP contribution < -0.4 is 39.4 Å². The van der Waals surface area contributed by atoms with Gasteiger partial charge in [0.1, 0.15) is 34.1 Å². The number of rotatable bonds is 14. The Bertz CT molecular complexity index is 2140. The molecule has 0 bridgehead atoms. The lowest BCUT2D eigenvalue weighted by atomic mass is 10.1. The number of thioether (sulfide) groups is 1. The van der Waals surface area contributed by atoms with Gasteiger partial charge in [-0.1, -0.05) is 35.5 Å². The number of ether oxygens (including phenoxy) is 6. The second-order valence-electron chi connectivity index (χ2n) is 10.3. The van der Waals surface area contributed by atoms with Gasteiger partial charge in [0.2, 0.25) is 16.9 Å². The number of nitriles is 1. The normalized spacial score (nSPS) is 10.8. The lowest BCUT2D eigenvalue weighted by Crippen LogP contribution is -2.15. The number of aromatic nitrogens is 2. The second kappa shape index (κ2) is 15.7. The minimum atomic E-state index is -0.534. The number of unbranched alkanes of at least 4 members (excludes halogenated alkanes) is 1. The van der Waals surface area contributed by atoms with Gasteiger partial charge in [-0.25, -0.2) is 4.98 Å². The molecular weight excluding hydrogens is 674 g/mol. The minimum Gasteiger partial charge on any atom is -0.496 e. The van der Waals surface area contributed by atoms with Crippen LogP contribution in [0.15, 0.2) is 67.7 Å². The molecule has 0 aliphatic heterocycles. The molecule has 1 N–H and O–H groups in total. The van der Waals surface area contributed by atoms with E-state index >= 15 is 0 Å². The first-order valence-electron chi connectivity index (χ1n) is 14.9. The molecule has 254 valence electrons. The fourth-order valence-corrected chi connectivity index (χ4v) is 6.12. The number of nitrogens with zero attached hydrogens (tertiary/aromatic N) is 2. The summed E-state index contributed by atoms with van der Waals surface area (Å²) in [5, 5.41) is 10.6. The van der Waals surface area contributed by atoms with Gasteiger partial charge in [-0.2, -0.15) is 5.26 Å². The van der Waals surface area contributed by atoms with Gasteiger partial charge in [0.05, 0.1) is 47.8 Å². The minimum absolute atomic E-state index is 0.0258. The van der Waals surface area contributed by atoms with Crippen LogP contribution in [0.2, 0.25) is 5.02 Å². The quantitative estimate of drug-likeness (QED) is 0.0740. The van der Waals surface area contributed by atoms with Crippen LogP contribution in [-0.2, 0) is 0 Å². The van der Waals surface area contributed by atoms with E-state index in [9.17, 15) is 14.9 Å². The smallest absolute Gasteiger partial charge is 0.270 e. The third-order valence-electron chi connectivity index (χ3n) is 7.40. The van der Waals surface area contributed by atoms with Gasteiger partial charge in [0.25, 0.3) is 5.56 Å². The van der Waals surface area contributed by atoms with Crippen LogP contribution in [0.4, 0.5) is 0 Å². The highest BCUT2D eigenvalue weighted by molar-refractivity contribution is 7.99. The maximum atomic E-state index is 14.0. The van der Waals surface area contributed by atoms with Crippen LogP contribution in [0.3, 0.4) is 0 Å². The zero-order chi connectivity index (χ0) is 35.1. The molecule has 0 aliphatic rings. The molecule has 5 aromatic rings. The van der Waals surface area contributed by atoms with Gasteiger partial charge >= 0.3 is 0 Å². The Morgan fingerprint density at radius 2 is 1.61 bits per heavy atom. The molecule has 0 aliphatic carbocycles. The molecule has 0 spiro atoms. The van der Waals surface area contributed by atoms with Gasteiger partial charge in [-0.05, 0) is 37.1 Å². The van der Waals surface area contributed by atoms with Crippen LogP contribution in [0, 0.1) is 11.3 Å². The topological polar surface area (TPSA) is 155 Å². The molecule has 0 fully saturated rings. The van der Waals surface area contributed by atoms with E-state index in [0.29, 0.717) is 62.9 Å². The van der Waals surface area contributed by atoms with Gasteiger partial charge in [-0.3, -0.25) is 9.59 Å². The number of aromatic amines is 1. The number of H-pyrrole nitrogens is 1. The Hall–Kier alpha value is -5.32. The zero-order valence-corrected chi connectivity index (χ0v) is 28.9. The van der Waals surface area contributed by atoms with E-state index in [0.717, 1.165) is 0 Å². The van der Waals surface area contributed by atoms with Crippen LogP contribution >= 0.6 is 23.4 Å². The highest BCUT2D eigenvalue weighted by atomic mass is 35.5. The predicted molar refractivity (Wildman–Crippen MR) is 186 cm³/mol. The number of hydrogen-bond donors (Lipinski definition) is 1. The maximum absolute atomic E-state index is 14.0. The summed E-state index contributed by atoms with van der Waals surface area (Å²) in [5.74, 6) is 2.48. The predicted octanol–water partition coefficient (Wildman–Crippen LogP) is 6.73. The lowest BCUT2D eigenvalue weighted by molar-refractivity contribution is 0.301. The molecule has 14 heteroatoms. The zero-order valence-electron chi connectivity index (χ0n) is 27.3. The maximum Gasteiger partial charge on any atom is 0.270 e. The Morgan fingerprint density at radius 3 is 2.24 bits per heavy atom. The summed E-state index contributed by atoms with van der Waals surface area (Å²) < 4.78 is 39.9. The van der Waals surface area contributed by atoms with E-state index < -0.39 is 11.0 Å². The van der Waals surface area contributed by atoms with Crippen molar-refractivity contribution in [2.45, 2.75) is 18.0 Å². The fraction of sp³-hybridized carbons (Fsp3) is 0.257. The first-order chi connectivity index (χ1) is 23.8. The van der Waals surface area contributed by atoms with Crippen molar-refractivity contribution in [2.75, 3.05) is 47.9 Å². The number of nitrogens with one attached hydrogen (secondary N) is 1. The van der Waals surface area contributed by atoms with Gasteiger partial charge in [-0.15, -0.1) is 0 Å². The van der Waals surface area contributed by atoms with Crippen LogP contribution in [0.1, 0.15) is 18.4 Å². The van der Waals surface area contributed by atoms with Crippen molar-refractivity contribution in [3.05, 3.63) is 79.7 Å². The highest BCUT2D eigenvalue weighted by Gasteiger charge is 2.24. The van der Waals surface area contributed by atoms with Gasteiger partial charge < -0.3 is 37.8 Å². The van der Waals surface area contributed by atoms with Crippen molar-refractivity contribution >= 4 is 34.3 Å². The van der Waals surface area contributed by atoms with Crippen LogP contribution in [0.25, 0.3) is 33.6 Å². The summed E-state index contributed by atoms with van der Waals surface area (Å²) in [6.07, 6.45) is 1.18. The molecule has 0 saturated carbocycles. The first kappa shape index (κ1) is 35.0.